The zero-order valence-electron chi connectivity index (χ0n) is 16.4. The number of nitrogens with one attached hydrogen (secondary N) is 2. The van der Waals surface area contributed by atoms with Crippen LogP contribution >= 0.6 is 0 Å². The summed E-state index contributed by atoms with van der Waals surface area (Å²) in [6, 6.07) is 15.1. The van der Waals surface area contributed by atoms with Crippen molar-refractivity contribution < 1.29 is 4.79 Å². The molecule has 2 aliphatic heterocycles. The molecular weight excluding hydrogens is 348 g/mol. The van der Waals surface area contributed by atoms with E-state index in [1.807, 2.05) is 18.3 Å². The molecule has 0 spiro atoms. The summed E-state index contributed by atoms with van der Waals surface area (Å²) in [5.41, 5.74) is 9.41. The number of rotatable bonds is 6. The minimum absolute atomic E-state index is 0.277. The van der Waals surface area contributed by atoms with E-state index in [0.717, 1.165) is 44.5 Å². The van der Waals surface area contributed by atoms with Gasteiger partial charge in [-0.25, -0.2) is 0 Å². The van der Waals surface area contributed by atoms with Gasteiger partial charge in [0.25, 0.3) is 0 Å². The molecule has 3 heterocycles. The van der Waals surface area contributed by atoms with E-state index in [2.05, 4.69) is 51.1 Å². The van der Waals surface area contributed by atoms with Crippen LogP contribution in [0.25, 0.3) is 0 Å². The van der Waals surface area contributed by atoms with Crippen LogP contribution in [-0.2, 0) is 17.6 Å². The van der Waals surface area contributed by atoms with Gasteiger partial charge in [0.1, 0.15) is 0 Å². The number of benzene rings is 1. The number of hydrazine groups is 1. The first-order chi connectivity index (χ1) is 13.8. The molecule has 0 saturated carbocycles. The molecule has 2 fully saturated rings. The monoisotopic (exact) mass is 378 g/mol. The Hall–Kier alpha value is -2.24. The third-order valence-electron chi connectivity index (χ3n) is 6.15. The predicted molar refractivity (Wildman–Crippen MR) is 110 cm³/mol. The molecule has 5 heteroatoms. The molecule has 4 rings (SSSR count). The fourth-order valence-corrected chi connectivity index (χ4v) is 4.66. The molecule has 28 heavy (non-hydrogen) atoms. The van der Waals surface area contributed by atoms with Crippen LogP contribution < -0.4 is 10.9 Å². The molecule has 2 aliphatic rings. The molecule has 5 nitrogen and oxygen atoms in total. The van der Waals surface area contributed by atoms with E-state index >= 15 is 0 Å². The summed E-state index contributed by atoms with van der Waals surface area (Å²) < 4.78 is 0. The fraction of sp³-hybridized carbons (Fsp3) is 0.478. The number of hydrogen-bond acceptors (Lipinski definition) is 4. The lowest BCUT2D eigenvalue weighted by atomic mass is 9.81. The maximum Gasteiger partial charge on any atom is 0.222 e. The minimum Gasteiger partial charge on any atom is -0.342 e. The van der Waals surface area contributed by atoms with Crippen molar-refractivity contribution in [2.45, 2.75) is 38.1 Å². The second kappa shape index (κ2) is 9.30. The zero-order valence-corrected chi connectivity index (χ0v) is 16.4. The summed E-state index contributed by atoms with van der Waals surface area (Å²) in [6.07, 6.45) is 8.34. The first kappa shape index (κ1) is 19.1. The summed E-state index contributed by atoms with van der Waals surface area (Å²) in [4.78, 5) is 19.0. The number of hydrogen-bond donors (Lipinski definition) is 2. The van der Waals surface area contributed by atoms with E-state index in [-0.39, 0.29) is 5.91 Å². The normalized spacial score (nSPS) is 25.0. The Kier molecular flexibility index (Phi) is 6.34. The number of likely N-dealkylation sites (tertiary alicyclic amines) is 1. The van der Waals surface area contributed by atoms with E-state index in [1.54, 1.807) is 6.20 Å². The summed E-state index contributed by atoms with van der Waals surface area (Å²) in [5.74, 6) is 1.36. The van der Waals surface area contributed by atoms with E-state index in [9.17, 15) is 4.79 Å². The molecule has 1 amide bonds. The number of carbonyl (C=O) groups excluding carboxylic acids is 1. The number of aryl methyl sites for hydroxylation is 1. The molecule has 2 N–H and O–H groups in total. The Morgan fingerprint density at radius 2 is 2.00 bits per heavy atom. The standard InChI is InChI=1S/C23H30N4O/c28-22(11-10-19-8-4-12-24-15-19)27-13-5-9-20(17-27)23-21(16-25-26-23)14-18-6-2-1-3-7-18/h1-4,6-8,12,15,20-21,23,25-26H,5,9-11,13-14,16-17H2. The van der Waals surface area contributed by atoms with Crippen molar-refractivity contribution in [1.82, 2.24) is 20.7 Å². The highest BCUT2D eigenvalue weighted by Crippen LogP contribution is 2.28. The van der Waals surface area contributed by atoms with Gasteiger partial charge in [-0.15, -0.1) is 0 Å². The predicted octanol–water partition coefficient (Wildman–Crippen LogP) is 2.59. The number of amides is 1. The third kappa shape index (κ3) is 4.78. The van der Waals surface area contributed by atoms with Crippen LogP contribution in [0.2, 0.25) is 0 Å². The summed E-state index contributed by atoms with van der Waals surface area (Å²) in [5, 5.41) is 0. The molecule has 1 aromatic heterocycles. The van der Waals surface area contributed by atoms with Gasteiger partial charge in [-0.2, -0.15) is 0 Å². The Balaban J connectivity index is 1.33. The quantitative estimate of drug-likeness (QED) is 0.811. The van der Waals surface area contributed by atoms with E-state index in [0.29, 0.717) is 24.3 Å². The van der Waals surface area contributed by atoms with Crippen molar-refractivity contribution in [1.29, 1.82) is 0 Å². The molecule has 0 bridgehead atoms. The summed E-state index contributed by atoms with van der Waals surface area (Å²) >= 11 is 0. The van der Waals surface area contributed by atoms with Crippen LogP contribution in [0.1, 0.15) is 30.4 Å². The van der Waals surface area contributed by atoms with Crippen LogP contribution in [0.5, 0.6) is 0 Å². The number of nitrogens with zero attached hydrogens (tertiary/aromatic N) is 2. The van der Waals surface area contributed by atoms with Gasteiger partial charge in [0.05, 0.1) is 0 Å². The number of carbonyl (C=O) groups is 1. The summed E-state index contributed by atoms with van der Waals surface area (Å²) in [6.45, 7) is 2.76. The second-order valence-corrected chi connectivity index (χ2v) is 8.10. The lowest BCUT2D eigenvalue weighted by molar-refractivity contribution is -0.133. The lowest BCUT2D eigenvalue weighted by Crippen LogP contribution is -2.48. The molecule has 2 saturated heterocycles. The van der Waals surface area contributed by atoms with Crippen molar-refractivity contribution in [3.8, 4) is 0 Å². The third-order valence-corrected chi connectivity index (χ3v) is 6.15. The highest BCUT2D eigenvalue weighted by atomic mass is 16.2. The van der Waals surface area contributed by atoms with Gasteiger partial charge in [0.15, 0.2) is 0 Å². The molecule has 3 unspecified atom stereocenters. The highest BCUT2D eigenvalue weighted by Gasteiger charge is 2.36. The van der Waals surface area contributed by atoms with E-state index in [1.165, 1.54) is 12.0 Å². The first-order valence-electron chi connectivity index (χ1n) is 10.5. The van der Waals surface area contributed by atoms with Crippen LogP contribution in [0.4, 0.5) is 0 Å². The van der Waals surface area contributed by atoms with Gasteiger partial charge in [0, 0.05) is 44.5 Å². The Morgan fingerprint density at radius 1 is 1.14 bits per heavy atom. The van der Waals surface area contributed by atoms with Crippen LogP contribution in [-0.4, -0.2) is 41.5 Å². The van der Waals surface area contributed by atoms with Gasteiger partial charge >= 0.3 is 0 Å². The zero-order chi connectivity index (χ0) is 19.2. The van der Waals surface area contributed by atoms with Gasteiger partial charge < -0.3 is 4.90 Å². The van der Waals surface area contributed by atoms with E-state index < -0.39 is 0 Å². The van der Waals surface area contributed by atoms with Crippen molar-refractivity contribution in [2.75, 3.05) is 19.6 Å². The van der Waals surface area contributed by atoms with Crippen LogP contribution in [0, 0.1) is 11.8 Å². The van der Waals surface area contributed by atoms with Gasteiger partial charge in [-0.05, 0) is 54.7 Å². The second-order valence-electron chi connectivity index (χ2n) is 8.10. The topological polar surface area (TPSA) is 57.3 Å². The molecule has 3 atom stereocenters. The maximum absolute atomic E-state index is 12.8. The van der Waals surface area contributed by atoms with Crippen molar-refractivity contribution in [3.05, 3.63) is 66.0 Å². The lowest BCUT2D eigenvalue weighted by Gasteiger charge is -2.37. The average molecular weight is 379 g/mol. The maximum atomic E-state index is 12.8. The molecular formula is C23H30N4O. The molecule has 1 aromatic carbocycles. The van der Waals surface area contributed by atoms with Crippen molar-refractivity contribution in [3.63, 3.8) is 0 Å². The Bertz CT molecular complexity index is 752. The minimum atomic E-state index is 0.277. The average Bonchev–Trinajstić information content (AvgIpc) is 3.22. The first-order valence-corrected chi connectivity index (χ1v) is 10.5. The summed E-state index contributed by atoms with van der Waals surface area (Å²) in [7, 11) is 0. The number of pyridine rings is 1. The van der Waals surface area contributed by atoms with Crippen LogP contribution in [0.3, 0.4) is 0 Å². The van der Waals surface area contributed by atoms with Gasteiger partial charge in [-0.3, -0.25) is 20.6 Å². The largest absolute Gasteiger partial charge is 0.342 e. The smallest absolute Gasteiger partial charge is 0.222 e. The fourth-order valence-electron chi connectivity index (χ4n) is 4.66. The highest BCUT2D eigenvalue weighted by molar-refractivity contribution is 5.76. The Morgan fingerprint density at radius 3 is 2.82 bits per heavy atom. The van der Waals surface area contributed by atoms with Crippen LogP contribution in [0.15, 0.2) is 54.9 Å². The molecule has 0 aliphatic carbocycles. The number of aromatic nitrogens is 1. The molecule has 0 radical (unpaired) electrons. The number of piperidine rings is 1. The van der Waals surface area contributed by atoms with E-state index in [4.69, 9.17) is 0 Å². The molecule has 2 aromatic rings. The van der Waals surface area contributed by atoms with Crippen molar-refractivity contribution >= 4 is 5.91 Å². The SMILES string of the molecule is O=C(CCc1cccnc1)N1CCCC(C2NNCC2Cc2ccccc2)C1. The van der Waals surface area contributed by atoms with Gasteiger partial charge in [-0.1, -0.05) is 36.4 Å². The molecule has 148 valence electrons. The van der Waals surface area contributed by atoms with Crippen molar-refractivity contribution in [2.24, 2.45) is 11.8 Å². The van der Waals surface area contributed by atoms with Gasteiger partial charge in [0.2, 0.25) is 5.91 Å². The Labute approximate surface area is 167 Å².